The minimum Gasteiger partial charge on any atom is -0.320 e. The number of hydrogen-bond acceptors (Lipinski definition) is 2. The summed E-state index contributed by atoms with van der Waals surface area (Å²) in [5.74, 6) is -0.456. The molecule has 0 saturated carbocycles. The Labute approximate surface area is 136 Å². The van der Waals surface area contributed by atoms with Crippen LogP contribution in [0.4, 0.5) is 14.9 Å². The van der Waals surface area contributed by atoms with E-state index in [1.807, 2.05) is 0 Å². The van der Waals surface area contributed by atoms with Crippen molar-refractivity contribution in [3.05, 3.63) is 57.6 Å². The smallest absolute Gasteiger partial charge is 0.320 e. The third-order valence-electron chi connectivity index (χ3n) is 3.55. The molecule has 0 atom stereocenters. The number of pyridine rings is 1. The summed E-state index contributed by atoms with van der Waals surface area (Å²) >= 11 is 11.8. The Morgan fingerprint density at radius 3 is 2.86 bits per heavy atom. The van der Waals surface area contributed by atoms with Crippen molar-refractivity contribution >= 4 is 34.9 Å². The lowest BCUT2D eigenvalue weighted by molar-refractivity contribution is 0.205. The minimum absolute atomic E-state index is 0.263. The Hall–Kier alpha value is -1.85. The highest BCUT2D eigenvalue weighted by Gasteiger charge is 2.23. The first-order chi connectivity index (χ1) is 10.5. The number of nitrogens with one attached hydrogen (secondary N) is 1. The molecule has 0 saturated heterocycles. The number of carbonyl (C=O) groups is 1. The van der Waals surface area contributed by atoms with Crippen molar-refractivity contribution in [2.24, 2.45) is 0 Å². The van der Waals surface area contributed by atoms with E-state index >= 15 is 0 Å². The van der Waals surface area contributed by atoms with Gasteiger partial charge >= 0.3 is 6.03 Å². The van der Waals surface area contributed by atoms with Gasteiger partial charge in [-0.05, 0) is 36.2 Å². The molecule has 1 aromatic carbocycles. The Kier molecular flexibility index (Phi) is 4.18. The van der Waals surface area contributed by atoms with E-state index in [-0.39, 0.29) is 6.03 Å². The number of anilines is 1. The standard InChI is InChI=1S/C15H12Cl2FN3O/c16-12-2-1-10(7-13(12)17)20-15(22)21-6-4-11-9(8-21)3-5-19-14(11)18/h1-3,5,7H,4,6,8H2,(H,20,22). The number of carbonyl (C=O) groups excluding carboxylic acids is 1. The SMILES string of the molecule is O=C(Nc1ccc(Cl)c(Cl)c1)N1CCc2c(ccnc2F)C1. The second kappa shape index (κ2) is 6.10. The number of aromatic nitrogens is 1. The summed E-state index contributed by atoms with van der Waals surface area (Å²) in [6.45, 7) is 0.782. The van der Waals surface area contributed by atoms with Gasteiger partial charge in [0.2, 0.25) is 5.95 Å². The normalized spacial score (nSPS) is 13.7. The lowest BCUT2D eigenvalue weighted by atomic mass is 10.0. The van der Waals surface area contributed by atoms with Crippen molar-refractivity contribution in [2.75, 3.05) is 11.9 Å². The molecular weight excluding hydrogens is 328 g/mol. The predicted molar refractivity (Wildman–Crippen MR) is 83.8 cm³/mol. The van der Waals surface area contributed by atoms with Gasteiger partial charge in [-0.1, -0.05) is 23.2 Å². The van der Waals surface area contributed by atoms with Gasteiger partial charge in [0.25, 0.3) is 0 Å². The molecule has 0 fully saturated rings. The zero-order chi connectivity index (χ0) is 15.7. The van der Waals surface area contributed by atoms with Gasteiger partial charge in [0.15, 0.2) is 0 Å². The first kappa shape index (κ1) is 15.1. The zero-order valence-electron chi connectivity index (χ0n) is 11.4. The van der Waals surface area contributed by atoms with Crippen molar-refractivity contribution in [3.63, 3.8) is 0 Å². The summed E-state index contributed by atoms with van der Waals surface area (Å²) in [6.07, 6.45) is 1.86. The number of benzene rings is 1. The summed E-state index contributed by atoms with van der Waals surface area (Å²) in [5, 5.41) is 3.56. The van der Waals surface area contributed by atoms with E-state index in [4.69, 9.17) is 23.2 Å². The van der Waals surface area contributed by atoms with Crippen LogP contribution in [-0.4, -0.2) is 22.5 Å². The fourth-order valence-electron chi connectivity index (χ4n) is 2.40. The maximum Gasteiger partial charge on any atom is 0.322 e. The maximum absolute atomic E-state index is 13.6. The third-order valence-corrected chi connectivity index (χ3v) is 4.29. The van der Waals surface area contributed by atoms with Gasteiger partial charge in [-0.25, -0.2) is 9.78 Å². The van der Waals surface area contributed by atoms with E-state index in [1.54, 1.807) is 29.2 Å². The number of nitrogens with zero attached hydrogens (tertiary/aromatic N) is 2. The predicted octanol–water partition coefficient (Wildman–Crippen LogP) is 4.12. The van der Waals surface area contributed by atoms with E-state index in [2.05, 4.69) is 10.3 Å². The van der Waals surface area contributed by atoms with E-state index in [0.29, 0.717) is 40.8 Å². The van der Waals surface area contributed by atoms with Crippen LogP contribution in [0, 0.1) is 5.95 Å². The van der Waals surface area contributed by atoms with E-state index in [0.717, 1.165) is 5.56 Å². The van der Waals surface area contributed by atoms with Gasteiger partial charge in [0.05, 0.1) is 10.0 Å². The second-order valence-corrected chi connectivity index (χ2v) is 5.78. The molecule has 0 spiro atoms. The highest BCUT2D eigenvalue weighted by Crippen LogP contribution is 2.26. The lowest BCUT2D eigenvalue weighted by Crippen LogP contribution is -2.39. The molecule has 2 aromatic rings. The molecule has 7 heteroatoms. The highest BCUT2D eigenvalue weighted by molar-refractivity contribution is 6.42. The summed E-state index contributed by atoms with van der Waals surface area (Å²) < 4.78 is 13.6. The molecule has 1 aliphatic rings. The lowest BCUT2D eigenvalue weighted by Gasteiger charge is -2.28. The van der Waals surface area contributed by atoms with Crippen LogP contribution in [-0.2, 0) is 13.0 Å². The van der Waals surface area contributed by atoms with Crippen LogP contribution in [0.1, 0.15) is 11.1 Å². The maximum atomic E-state index is 13.6. The summed E-state index contributed by atoms with van der Waals surface area (Å²) in [4.78, 5) is 17.5. The van der Waals surface area contributed by atoms with Gasteiger partial charge < -0.3 is 10.2 Å². The van der Waals surface area contributed by atoms with E-state index in [9.17, 15) is 9.18 Å². The number of rotatable bonds is 1. The monoisotopic (exact) mass is 339 g/mol. The van der Waals surface area contributed by atoms with Crippen molar-refractivity contribution in [3.8, 4) is 0 Å². The van der Waals surface area contributed by atoms with Crippen LogP contribution in [0.2, 0.25) is 10.0 Å². The molecule has 0 radical (unpaired) electrons. The molecule has 0 bridgehead atoms. The molecule has 0 unspecified atom stereocenters. The highest BCUT2D eigenvalue weighted by atomic mass is 35.5. The first-order valence-electron chi connectivity index (χ1n) is 6.68. The molecule has 2 amide bonds. The minimum atomic E-state index is -0.456. The molecule has 1 aromatic heterocycles. The van der Waals surface area contributed by atoms with Crippen molar-refractivity contribution in [1.82, 2.24) is 9.88 Å². The second-order valence-electron chi connectivity index (χ2n) is 4.97. The number of hydrogen-bond donors (Lipinski definition) is 1. The molecule has 1 aliphatic heterocycles. The Balaban J connectivity index is 1.72. The molecular formula is C15H12Cl2FN3O. The summed E-state index contributed by atoms with van der Waals surface area (Å²) in [7, 11) is 0. The molecule has 3 rings (SSSR count). The molecule has 22 heavy (non-hydrogen) atoms. The topological polar surface area (TPSA) is 45.2 Å². The number of halogens is 3. The van der Waals surface area contributed by atoms with E-state index < -0.39 is 5.95 Å². The van der Waals surface area contributed by atoms with Crippen molar-refractivity contribution in [1.29, 1.82) is 0 Å². The number of amides is 2. The Morgan fingerprint density at radius 2 is 2.09 bits per heavy atom. The van der Waals surface area contributed by atoms with Crippen LogP contribution in [0.25, 0.3) is 0 Å². The van der Waals surface area contributed by atoms with Crippen molar-refractivity contribution < 1.29 is 9.18 Å². The average molecular weight is 340 g/mol. The van der Waals surface area contributed by atoms with Crippen LogP contribution >= 0.6 is 23.2 Å². The summed E-state index contributed by atoms with van der Waals surface area (Å²) in [5.41, 5.74) is 1.93. The zero-order valence-corrected chi connectivity index (χ0v) is 13.0. The first-order valence-corrected chi connectivity index (χ1v) is 7.43. The molecule has 2 heterocycles. The van der Waals surface area contributed by atoms with Crippen LogP contribution < -0.4 is 5.32 Å². The molecule has 4 nitrogen and oxygen atoms in total. The number of urea groups is 1. The van der Waals surface area contributed by atoms with Crippen LogP contribution in [0.5, 0.6) is 0 Å². The molecule has 114 valence electrons. The number of fused-ring (bicyclic) bond motifs is 1. The largest absolute Gasteiger partial charge is 0.322 e. The average Bonchev–Trinajstić information content (AvgIpc) is 2.51. The summed E-state index contributed by atoms with van der Waals surface area (Å²) in [6, 6.07) is 6.35. The Bertz CT molecular complexity index is 739. The third kappa shape index (κ3) is 3.00. The Morgan fingerprint density at radius 1 is 1.27 bits per heavy atom. The van der Waals surface area contributed by atoms with Crippen LogP contribution in [0.3, 0.4) is 0 Å². The van der Waals surface area contributed by atoms with Crippen molar-refractivity contribution in [2.45, 2.75) is 13.0 Å². The van der Waals surface area contributed by atoms with Gasteiger partial charge in [-0.3, -0.25) is 0 Å². The molecule has 0 aliphatic carbocycles. The fourth-order valence-corrected chi connectivity index (χ4v) is 2.69. The van der Waals surface area contributed by atoms with Gasteiger partial charge in [0, 0.05) is 30.5 Å². The fraction of sp³-hybridized carbons (Fsp3) is 0.200. The van der Waals surface area contributed by atoms with Gasteiger partial charge in [-0.2, -0.15) is 4.39 Å². The van der Waals surface area contributed by atoms with Gasteiger partial charge in [-0.15, -0.1) is 0 Å². The molecule has 1 N–H and O–H groups in total. The van der Waals surface area contributed by atoms with E-state index in [1.165, 1.54) is 6.20 Å². The van der Waals surface area contributed by atoms with Crippen LogP contribution in [0.15, 0.2) is 30.5 Å². The quantitative estimate of drug-likeness (QED) is 0.794. The van der Waals surface area contributed by atoms with Gasteiger partial charge in [0.1, 0.15) is 0 Å².